The van der Waals surface area contributed by atoms with Gasteiger partial charge in [-0.25, -0.2) is 4.79 Å². The fraction of sp³-hybridized carbons (Fsp3) is 0.750. The Labute approximate surface area is 138 Å². The lowest BCUT2D eigenvalue weighted by Gasteiger charge is -2.34. The van der Waals surface area contributed by atoms with Gasteiger partial charge in [-0.1, -0.05) is 6.42 Å². The van der Waals surface area contributed by atoms with E-state index in [2.05, 4.69) is 4.98 Å². The van der Waals surface area contributed by atoms with Crippen molar-refractivity contribution in [1.82, 2.24) is 9.55 Å². The number of aromatic nitrogens is 2. The zero-order valence-electron chi connectivity index (χ0n) is 13.6. The third-order valence-electron chi connectivity index (χ3n) is 5.20. The number of nitrogens with one attached hydrogen (secondary N) is 1. The van der Waals surface area contributed by atoms with Gasteiger partial charge in [-0.3, -0.25) is 14.3 Å². The van der Waals surface area contributed by atoms with E-state index in [-0.39, 0.29) is 6.61 Å². The van der Waals surface area contributed by atoms with Gasteiger partial charge in [-0.05, 0) is 19.8 Å². The van der Waals surface area contributed by atoms with Crippen molar-refractivity contribution in [1.29, 1.82) is 0 Å². The Morgan fingerprint density at radius 1 is 1.25 bits per heavy atom. The van der Waals surface area contributed by atoms with Crippen LogP contribution in [0.4, 0.5) is 0 Å². The first kappa shape index (κ1) is 16.0. The Balaban J connectivity index is 1.69. The summed E-state index contributed by atoms with van der Waals surface area (Å²) in [4.78, 5) is 26.1. The molecule has 1 saturated carbocycles. The minimum atomic E-state index is -0.725. The highest BCUT2D eigenvalue weighted by Gasteiger charge is 2.58. The average Bonchev–Trinajstić information content (AvgIpc) is 3.07. The van der Waals surface area contributed by atoms with Crippen LogP contribution in [0.25, 0.3) is 0 Å². The molecule has 1 aromatic rings. The number of H-pyrrole nitrogens is 1. The molecule has 132 valence electrons. The maximum Gasteiger partial charge on any atom is 0.330 e. The summed E-state index contributed by atoms with van der Waals surface area (Å²) in [5.74, 6) is -0.635. The van der Waals surface area contributed by atoms with Crippen LogP contribution in [0, 0.1) is 6.92 Å². The third kappa shape index (κ3) is 2.45. The maximum atomic E-state index is 12.2. The molecule has 1 unspecified atom stereocenters. The largest absolute Gasteiger partial charge is 0.394 e. The first-order valence-electron chi connectivity index (χ1n) is 8.47. The number of aryl methyl sites for hydroxylation is 1. The summed E-state index contributed by atoms with van der Waals surface area (Å²) >= 11 is 0. The first-order valence-corrected chi connectivity index (χ1v) is 8.47. The number of fused-ring (bicyclic) bond motifs is 1. The second-order valence-electron chi connectivity index (χ2n) is 6.86. The summed E-state index contributed by atoms with van der Waals surface area (Å²) in [6.07, 6.45) is 4.13. The standard InChI is InChI=1S/C16H22N2O6/c1-9-7-18(15(21)17-13(9)20)14-12-11(10(8-19)22-14)23-16(24-12)5-3-2-4-6-16/h7,10-12,14,19H,2-6,8H2,1H3,(H,17,20,21)/t10-,11?,12+,14-/m1/s1. The smallest absolute Gasteiger partial charge is 0.330 e. The molecule has 0 bridgehead atoms. The van der Waals surface area contributed by atoms with Crippen LogP contribution in [-0.2, 0) is 14.2 Å². The predicted octanol–water partition coefficient (Wildman–Crippen LogP) is 0.179. The van der Waals surface area contributed by atoms with Crippen LogP contribution in [0.15, 0.2) is 15.8 Å². The molecule has 4 rings (SSSR count). The fourth-order valence-corrected chi connectivity index (χ4v) is 3.97. The van der Waals surface area contributed by atoms with Gasteiger partial charge in [-0.15, -0.1) is 0 Å². The minimum Gasteiger partial charge on any atom is -0.394 e. The van der Waals surface area contributed by atoms with Crippen LogP contribution in [0.5, 0.6) is 0 Å². The van der Waals surface area contributed by atoms with Crippen LogP contribution < -0.4 is 11.2 Å². The number of hydrogen-bond acceptors (Lipinski definition) is 6. The first-order chi connectivity index (χ1) is 11.5. The minimum absolute atomic E-state index is 0.214. The molecule has 1 aliphatic carbocycles. The second-order valence-corrected chi connectivity index (χ2v) is 6.86. The Morgan fingerprint density at radius 3 is 2.67 bits per heavy atom. The highest BCUT2D eigenvalue weighted by Crippen LogP contribution is 2.48. The molecule has 1 aromatic heterocycles. The average molecular weight is 338 g/mol. The Hall–Kier alpha value is -1.48. The summed E-state index contributed by atoms with van der Waals surface area (Å²) in [7, 11) is 0. The topological polar surface area (TPSA) is 103 Å². The summed E-state index contributed by atoms with van der Waals surface area (Å²) in [5, 5.41) is 9.63. The van der Waals surface area contributed by atoms with Crippen LogP contribution in [-0.4, -0.2) is 45.4 Å². The van der Waals surface area contributed by atoms with Crippen LogP contribution in [0.2, 0.25) is 0 Å². The highest BCUT2D eigenvalue weighted by molar-refractivity contribution is 5.05. The number of aliphatic hydroxyl groups is 1. The SMILES string of the molecule is Cc1cn([C@@H]2O[C@H](CO)C3OC4(CCCCC4)O[C@@H]32)c(=O)[nH]c1=O. The molecule has 3 aliphatic rings. The molecular formula is C16H22N2O6. The molecule has 24 heavy (non-hydrogen) atoms. The molecule has 0 amide bonds. The van der Waals surface area contributed by atoms with Crippen molar-refractivity contribution >= 4 is 0 Å². The summed E-state index contributed by atoms with van der Waals surface area (Å²) in [6, 6.07) is 0. The molecule has 2 aliphatic heterocycles. The molecule has 8 nitrogen and oxygen atoms in total. The van der Waals surface area contributed by atoms with Crippen LogP contribution in [0.3, 0.4) is 0 Å². The van der Waals surface area contributed by atoms with Gasteiger partial charge in [0.1, 0.15) is 18.3 Å². The molecule has 2 N–H and O–H groups in total. The predicted molar refractivity (Wildman–Crippen MR) is 82.6 cm³/mol. The van der Waals surface area contributed by atoms with E-state index >= 15 is 0 Å². The lowest BCUT2D eigenvalue weighted by atomic mass is 9.94. The number of ether oxygens (including phenoxy) is 3. The van der Waals surface area contributed by atoms with Gasteiger partial charge in [0.2, 0.25) is 0 Å². The van der Waals surface area contributed by atoms with E-state index in [4.69, 9.17) is 14.2 Å². The van der Waals surface area contributed by atoms with E-state index in [9.17, 15) is 14.7 Å². The van der Waals surface area contributed by atoms with Crippen molar-refractivity contribution < 1.29 is 19.3 Å². The van der Waals surface area contributed by atoms with Gasteiger partial charge < -0.3 is 19.3 Å². The van der Waals surface area contributed by atoms with Gasteiger partial charge in [0, 0.05) is 24.6 Å². The number of aliphatic hydroxyl groups excluding tert-OH is 1. The van der Waals surface area contributed by atoms with Crippen molar-refractivity contribution in [2.45, 2.75) is 69.4 Å². The quantitative estimate of drug-likeness (QED) is 0.797. The Bertz CT molecular complexity index is 735. The lowest BCUT2D eigenvalue weighted by molar-refractivity contribution is -0.233. The number of aromatic amines is 1. The number of rotatable bonds is 2. The number of hydrogen-bond donors (Lipinski definition) is 2. The molecule has 3 heterocycles. The van der Waals surface area contributed by atoms with E-state index in [0.717, 1.165) is 32.1 Å². The van der Waals surface area contributed by atoms with Gasteiger partial charge >= 0.3 is 5.69 Å². The summed E-state index contributed by atoms with van der Waals surface area (Å²) < 4.78 is 19.5. The van der Waals surface area contributed by atoms with E-state index in [1.807, 2.05) is 0 Å². The van der Waals surface area contributed by atoms with E-state index < -0.39 is 41.6 Å². The second kappa shape index (κ2) is 5.80. The van der Waals surface area contributed by atoms with Gasteiger partial charge in [0.05, 0.1) is 6.61 Å². The van der Waals surface area contributed by atoms with Gasteiger partial charge in [0.25, 0.3) is 5.56 Å². The number of nitrogens with zero attached hydrogens (tertiary/aromatic N) is 1. The van der Waals surface area contributed by atoms with E-state index in [1.54, 1.807) is 6.92 Å². The molecule has 4 atom stereocenters. The van der Waals surface area contributed by atoms with Crippen molar-refractivity contribution in [2.75, 3.05) is 6.61 Å². The van der Waals surface area contributed by atoms with Crippen LogP contribution in [0.1, 0.15) is 43.9 Å². The molecule has 2 saturated heterocycles. The monoisotopic (exact) mass is 338 g/mol. The van der Waals surface area contributed by atoms with Crippen molar-refractivity contribution in [3.63, 3.8) is 0 Å². The van der Waals surface area contributed by atoms with Crippen molar-refractivity contribution in [3.05, 3.63) is 32.6 Å². The van der Waals surface area contributed by atoms with E-state index in [1.165, 1.54) is 10.8 Å². The highest BCUT2D eigenvalue weighted by atomic mass is 16.8. The van der Waals surface area contributed by atoms with Gasteiger partial charge in [0.15, 0.2) is 12.0 Å². The molecule has 0 aromatic carbocycles. The molecule has 3 fully saturated rings. The molecular weight excluding hydrogens is 316 g/mol. The normalized spacial score (nSPS) is 34.6. The molecule has 0 radical (unpaired) electrons. The third-order valence-corrected chi connectivity index (χ3v) is 5.20. The maximum absolute atomic E-state index is 12.2. The van der Waals surface area contributed by atoms with Crippen molar-refractivity contribution in [2.24, 2.45) is 0 Å². The van der Waals surface area contributed by atoms with Gasteiger partial charge in [-0.2, -0.15) is 0 Å². The zero-order chi connectivity index (χ0) is 16.9. The van der Waals surface area contributed by atoms with E-state index in [0.29, 0.717) is 5.56 Å². The Morgan fingerprint density at radius 2 is 1.96 bits per heavy atom. The lowest BCUT2D eigenvalue weighted by Crippen LogP contribution is -2.39. The summed E-state index contributed by atoms with van der Waals surface area (Å²) in [6.45, 7) is 1.41. The van der Waals surface area contributed by atoms with Crippen molar-refractivity contribution in [3.8, 4) is 0 Å². The summed E-state index contributed by atoms with van der Waals surface area (Å²) in [5.41, 5.74) is -0.563. The molecule has 8 heteroatoms. The Kier molecular flexibility index (Phi) is 3.87. The fourth-order valence-electron chi connectivity index (χ4n) is 3.97. The molecule has 1 spiro atoms. The van der Waals surface area contributed by atoms with Crippen LogP contribution >= 0.6 is 0 Å². The zero-order valence-corrected chi connectivity index (χ0v) is 13.6.